The van der Waals surface area contributed by atoms with Gasteiger partial charge in [0.25, 0.3) is 0 Å². The highest BCUT2D eigenvalue weighted by molar-refractivity contribution is 7.98. The molecule has 2 atom stereocenters. The molecular weight excluding hydrogens is 562 g/mol. The van der Waals surface area contributed by atoms with E-state index in [4.69, 9.17) is 19.3 Å². The lowest BCUT2D eigenvalue weighted by molar-refractivity contribution is -0.137. The Morgan fingerprint density at radius 2 is 1.83 bits per heavy atom. The van der Waals surface area contributed by atoms with Gasteiger partial charge in [-0.25, -0.2) is 0 Å². The summed E-state index contributed by atoms with van der Waals surface area (Å²) in [6, 6.07) is 5.65. The lowest BCUT2D eigenvalue weighted by atomic mass is 9.95. The summed E-state index contributed by atoms with van der Waals surface area (Å²) in [5.74, 6) is 0.553. The topological polar surface area (TPSA) is 152 Å². The minimum absolute atomic E-state index is 0.0506. The maximum absolute atomic E-state index is 13.6. The number of ether oxygens (including phenoxy) is 3. The van der Waals surface area contributed by atoms with Gasteiger partial charge in [-0.05, 0) is 72.6 Å². The molecule has 11 nitrogen and oxygen atoms in total. The fourth-order valence-corrected chi connectivity index (χ4v) is 5.56. The number of methoxy groups -OCH3 is 3. The van der Waals surface area contributed by atoms with E-state index in [1.54, 1.807) is 31.0 Å². The normalized spacial score (nSPS) is 14.4. The fraction of sp³-hybridized carbons (Fsp3) is 0.467. The van der Waals surface area contributed by atoms with Crippen molar-refractivity contribution in [3.05, 3.63) is 45.6 Å². The van der Waals surface area contributed by atoms with Gasteiger partial charge in [-0.15, -0.1) is 0 Å². The molecule has 0 bridgehead atoms. The van der Waals surface area contributed by atoms with Crippen LogP contribution >= 0.6 is 11.8 Å². The average molecular weight is 602 g/mol. The third-order valence-electron chi connectivity index (χ3n) is 7.04. The number of aryl methyl sites for hydroxylation is 1. The van der Waals surface area contributed by atoms with Gasteiger partial charge in [0, 0.05) is 25.5 Å². The minimum atomic E-state index is -0.930. The Labute approximate surface area is 249 Å². The summed E-state index contributed by atoms with van der Waals surface area (Å²) in [5.41, 5.74) is 2.81. The molecule has 3 rings (SSSR count). The lowest BCUT2D eigenvalue weighted by Crippen LogP contribution is -2.41. The van der Waals surface area contributed by atoms with E-state index in [-0.39, 0.29) is 35.9 Å². The Bertz CT molecular complexity index is 1370. The van der Waals surface area contributed by atoms with Crippen molar-refractivity contribution in [2.45, 2.75) is 51.1 Å². The molecule has 1 aliphatic rings. The van der Waals surface area contributed by atoms with Crippen LogP contribution in [0, 0.1) is 0 Å². The highest BCUT2D eigenvalue weighted by Crippen LogP contribution is 2.50. The van der Waals surface area contributed by atoms with Gasteiger partial charge in [0.1, 0.15) is 6.04 Å². The molecule has 4 N–H and O–H groups in total. The van der Waals surface area contributed by atoms with Crippen molar-refractivity contribution >= 4 is 35.2 Å². The Kier molecular flexibility index (Phi) is 11.9. The predicted molar refractivity (Wildman–Crippen MR) is 163 cm³/mol. The van der Waals surface area contributed by atoms with Crippen molar-refractivity contribution < 1.29 is 33.7 Å². The fourth-order valence-electron chi connectivity index (χ4n) is 5.09. The molecule has 2 amide bonds. The van der Waals surface area contributed by atoms with Gasteiger partial charge in [0.15, 0.2) is 11.5 Å². The van der Waals surface area contributed by atoms with E-state index in [0.717, 1.165) is 11.1 Å². The molecule has 0 unspecified atom stereocenters. The highest BCUT2D eigenvalue weighted by atomic mass is 32.2. The van der Waals surface area contributed by atoms with E-state index in [0.29, 0.717) is 59.8 Å². The Hall–Kier alpha value is -3.93. The molecule has 0 heterocycles. The van der Waals surface area contributed by atoms with Gasteiger partial charge >= 0.3 is 5.97 Å². The van der Waals surface area contributed by atoms with Crippen molar-refractivity contribution in [3.63, 3.8) is 0 Å². The standard InChI is InChI=1S/C30H39N3O8S/c1-17(34)32-21-10-8-18-15-25(39-2)28(40-3)29(41-4)27(18)19-9-11-22(24(35)16-20(19)21)33-23(12-14-42-5)30(38)31-13-6-7-26(36)37/h9,11,15-16,21,23H,6-8,10,12-14H2,1-5H3,(H,31,38)(H,32,34)(H,33,35)(H,36,37)/t21-,23-/m0/s1. The molecule has 0 spiro atoms. The van der Waals surface area contributed by atoms with Gasteiger partial charge in [-0.2, -0.15) is 11.8 Å². The zero-order valence-electron chi connectivity index (χ0n) is 24.6. The first-order chi connectivity index (χ1) is 20.1. The van der Waals surface area contributed by atoms with Gasteiger partial charge in [-0.1, -0.05) is 6.07 Å². The van der Waals surface area contributed by atoms with Crippen LogP contribution in [0.4, 0.5) is 5.69 Å². The number of hydrogen-bond donors (Lipinski definition) is 4. The molecule has 1 aliphatic carbocycles. The zero-order chi connectivity index (χ0) is 30.8. The van der Waals surface area contributed by atoms with E-state index in [1.165, 1.54) is 27.2 Å². The van der Waals surface area contributed by atoms with E-state index >= 15 is 0 Å². The number of fused-ring (bicyclic) bond motifs is 3. The molecule has 0 aromatic heterocycles. The van der Waals surface area contributed by atoms with Crippen LogP contribution in [0.5, 0.6) is 17.2 Å². The second-order valence-electron chi connectivity index (χ2n) is 9.86. The summed E-state index contributed by atoms with van der Waals surface area (Å²) in [7, 11) is 4.61. The third kappa shape index (κ3) is 7.87. The highest BCUT2D eigenvalue weighted by Gasteiger charge is 2.30. The van der Waals surface area contributed by atoms with Crippen LogP contribution in [0.2, 0.25) is 0 Å². The summed E-state index contributed by atoms with van der Waals surface area (Å²) >= 11 is 1.57. The summed E-state index contributed by atoms with van der Waals surface area (Å²) in [6.45, 7) is 1.65. The Morgan fingerprint density at radius 1 is 1.10 bits per heavy atom. The minimum Gasteiger partial charge on any atom is -0.493 e. The number of hydrogen-bond acceptors (Lipinski definition) is 9. The summed E-state index contributed by atoms with van der Waals surface area (Å²) < 4.78 is 17.0. The van der Waals surface area contributed by atoms with Crippen LogP contribution in [0.1, 0.15) is 49.8 Å². The van der Waals surface area contributed by atoms with E-state index in [2.05, 4.69) is 16.0 Å². The summed E-state index contributed by atoms with van der Waals surface area (Å²) in [6.07, 6.45) is 3.73. The van der Waals surface area contributed by atoms with Gasteiger partial charge < -0.3 is 35.3 Å². The number of benzene rings is 1. The maximum Gasteiger partial charge on any atom is 0.303 e. The number of anilines is 1. The number of aliphatic carboxylic acids is 1. The lowest BCUT2D eigenvalue weighted by Gasteiger charge is -2.19. The first-order valence-corrected chi connectivity index (χ1v) is 15.1. The van der Waals surface area contributed by atoms with Gasteiger partial charge in [-0.3, -0.25) is 19.2 Å². The quantitative estimate of drug-likeness (QED) is 0.237. The zero-order valence-corrected chi connectivity index (χ0v) is 25.4. The van der Waals surface area contributed by atoms with E-state index in [9.17, 15) is 19.2 Å². The smallest absolute Gasteiger partial charge is 0.303 e. The molecule has 2 aromatic carbocycles. The first kappa shape index (κ1) is 32.6. The second-order valence-corrected chi connectivity index (χ2v) is 10.8. The van der Waals surface area contributed by atoms with Gasteiger partial charge in [0.2, 0.25) is 23.0 Å². The maximum atomic E-state index is 13.6. The Balaban J connectivity index is 2.12. The molecule has 2 aromatic rings. The van der Waals surface area contributed by atoms with Crippen LogP contribution in [-0.2, 0) is 20.8 Å². The molecule has 228 valence electrons. The van der Waals surface area contributed by atoms with Crippen molar-refractivity contribution in [3.8, 4) is 28.4 Å². The van der Waals surface area contributed by atoms with Crippen LogP contribution in [-0.4, -0.2) is 68.8 Å². The van der Waals surface area contributed by atoms with E-state index in [1.807, 2.05) is 12.3 Å². The number of carbonyl (C=O) groups is 3. The summed E-state index contributed by atoms with van der Waals surface area (Å²) in [5, 5.41) is 17.7. The Morgan fingerprint density at radius 3 is 2.45 bits per heavy atom. The van der Waals surface area contributed by atoms with Crippen molar-refractivity contribution in [2.75, 3.05) is 45.2 Å². The van der Waals surface area contributed by atoms with Crippen LogP contribution in [0.3, 0.4) is 0 Å². The van der Waals surface area contributed by atoms with Crippen molar-refractivity contribution in [1.29, 1.82) is 0 Å². The number of carbonyl (C=O) groups excluding carboxylic acids is 2. The SMILES string of the molecule is COc1cc2c(c(OC)c1OC)-c1ccc(N[C@@H](CCSC)C(=O)NCCCC(=O)O)c(=O)cc1[C@@H](NC(C)=O)CC2. The molecule has 0 fully saturated rings. The number of amides is 2. The molecule has 0 saturated carbocycles. The molecule has 42 heavy (non-hydrogen) atoms. The number of carboxylic acid groups (broad SMARTS) is 1. The number of thioether (sulfide) groups is 1. The van der Waals surface area contributed by atoms with Crippen LogP contribution in [0.25, 0.3) is 11.1 Å². The van der Waals surface area contributed by atoms with Gasteiger partial charge in [0.05, 0.1) is 33.1 Å². The van der Waals surface area contributed by atoms with E-state index < -0.39 is 18.1 Å². The van der Waals surface area contributed by atoms with Crippen molar-refractivity contribution in [2.24, 2.45) is 0 Å². The monoisotopic (exact) mass is 601 g/mol. The first-order valence-electron chi connectivity index (χ1n) is 13.7. The third-order valence-corrected chi connectivity index (χ3v) is 7.68. The summed E-state index contributed by atoms with van der Waals surface area (Å²) in [4.78, 5) is 49.7. The number of nitrogens with one attached hydrogen (secondary N) is 3. The molecule has 12 heteroatoms. The van der Waals surface area contributed by atoms with Crippen LogP contribution < -0.4 is 35.6 Å². The average Bonchev–Trinajstić information content (AvgIpc) is 3.20. The van der Waals surface area contributed by atoms with Crippen LogP contribution in [0.15, 0.2) is 29.1 Å². The molecule has 0 radical (unpaired) electrons. The van der Waals surface area contributed by atoms with Crippen molar-refractivity contribution in [1.82, 2.24) is 10.6 Å². The number of rotatable bonds is 14. The molecule has 0 aliphatic heterocycles. The molecule has 0 saturated heterocycles. The molecular formula is C30H39N3O8S. The second kappa shape index (κ2) is 15.3. The largest absolute Gasteiger partial charge is 0.493 e. The predicted octanol–water partition coefficient (Wildman–Crippen LogP) is 3.38. The number of carboxylic acids is 1.